The van der Waals surface area contributed by atoms with E-state index in [0.717, 1.165) is 0 Å². The maximum Gasteiger partial charge on any atom is 0.336 e. The zero-order valence-electron chi connectivity index (χ0n) is 7.34. The maximum absolute atomic E-state index is 10.3. The molecule has 5 N–H and O–H groups in total. The second kappa shape index (κ2) is 6.43. The fourth-order valence-electron chi connectivity index (χ4n) is 0.714. The molecule has 0 heterocycles. The van der Waals surface area contributed by atoms with Crippen LogP contribution in [0.25, 0.3) is 0 Å². The molecule has 15 heavy (non-hydrogen) atoms. The highest BCUT2D eigenvalue weighted by Crippen LogP contribution is 2.15. The van der Waals surface area contributed by atoms with Crippen molar-refractivity contribution in [2.24, 2.45) is 0 Å². The van der Waals surface area contributed by atoms with Crippen LogP contribution in [-0.4, -0.2) is 43.9 Å². The highest BCUT2D eigenvalue weighted by molar-refractivity contribution is 5.88. The van der Waals surface area contributed by atoms with Gasteiger partial charge in [0.2, 0.25) is 0 Å². The molecule has 9 heteroatoms. The van der Waals surface area contributed by atoms with Crippen LogP contribution in [0.1, 0.15) is 12.8 Å². The number of carbonyl (C=O) groups is 3. The highest BCUT2D eigenvalue weighted by atomic mass is 16.4. The number of nitroso groups, excluding NO2 is 1. The minimum atomic E-state index is -2.74. The van der Waals surface area contributed by atoms with E-state index in [0.29, 0.717) is 0 Å². The molecule has 0 bridgehead atoms. The molecule has 0 spiro atoms. The Hall–Kier alpha value is -2.03. The van der Waals surface area contributed by atoms with E-state index in [1.807, 2.05) is 0 Å². The van der Waals surface area contributed by atoms with E-state index in [2.05, 4.69) is 5.59 Å². The lowest BCUT2D eigenvalue weighted by molar-refractivity contribution is -0.170. The number of hydrogen-bond donors (Lipinski definition) is 5. The molecule has 0 saturated carbocycles. The average molecular weight is 223 g/mol. The minimum Gasteiger partial charge on any atom is -0.481 e. The summed E-state index contributed by atoms with van der Waals surface area (Å²) >= 11 is 0. The van der Waals surface area contributed by atoms with E-state index in [9.17, 15) is 14.4 Å². The quantitative estimate of drug-likeness (QED) is 0.372. The summed E-state index contributed by atoms with van der Waals surface area (Å²) in [6.45, 7) is 0. The average Bonchev–Trinajstić information content (AvgIpc) is 2.04. The van der Waals surface area contributed by atoms with Crippen molar-refractivity contribution in [2.45, 2.75) is 18.4 Å². The van der Waals surface area contributed by atoms with Crippen molar-refractivity contribution in [3.8, 4) is 0 Å². The van der Waals surface area contributed by atoms with Gasteiger partial charge in [0.15, 0.2) is 5.60 Å². The Morgan fingerprint density at radius 1 is 0.933 bits per heavy atom. The van der Waals surface area contributed by atoms with Crippen LogP contribution in [-0.2, 0) is 14.4 Å². The first-order valence-electron chi connectivity index (χ1n) is 3.38. The molecule has 0 fully saturated rings. The van der Waals surface area contributed by atoms with Gasteiger partial charge < -0.3 is 20.4 Å². The van der Waals surface area contributed by atoms with E-state index in [1.165, 1.54) is 0 Å². The molecule has 0 amide bonds. The summed E-state index contributed by atoms with van der Waals surface area (Å²) in [7, 11) is 0. The lowest BCUT2D eigenvalue weighted by atomic mass is 9.96. The second-order valence-corrected chi connectivity index (χ2v) is 2.48. The summed E-state index contributed by atoms with van der Waals surface area (Å²) < 4.78 is 0. The first-order valence-corrected chi connectivity index (χ1v) is 3.38. The Morgan fingerprint density at radius 2 is 1.20 bits per heavy atom. The standard InChI is InChI=1S/C6H8O7.HNO/c7-3(8)1-6(13,5(11)12)2-4(9)10;1-2/h13H,1-2H2,(H,7,8)(H,9,10)(H,11,12);1H. The van der Waals surface area contributed by atoms with E-state index in [-0.39, 0.29) is 0 Å². The van der Waals surface area contributed by atoms with Crippen LogP contribution >= 0.6 is 0 Å². The first kappa shape index (κ1) is 15.4. The summed E-state index contributed by atoms with van der Waals surface area (Å²) in [6.07, 6.45) is -2.29. The molecule has 9 nitrogen and oxygen atoms in total. The number of aliphatic carboxylic acids is 3. The molecule has 86 valence electrons. The van der Waals surface area contributed by atoms with Crippen molar-refractivity contribution in [3.05, 3.63) is 4.91 Å². The van der Waals surface area contributed by atoms with Gasteiger partial charge in [-0.2, -0.15) is 4.91 Å². The minimum absolute atomic E-state index is 1.14. The SMILES string of the molecule is N=O.O=C(O)CC(O)(CC(=O)O)C(=O)O. The number of aliphatic hydroxyl groups is 1. The number of carboxylic acids is 3. The molecule has 0 aliphatic heterocycles. The summed E-state index contributed by atoms with van der Waals surface area (Å²) in [6, 6.07) is 0. The number of hydrogen-bond acceptors (Lipinski definition) is 6. The van der Waals surface area contributed by atoms with Gasteiger partial charge in [-0.1, -0.05) is 5.59 Å². The second-order valence-electron chi connectivity index (χ2n) is 2.48. The van der Waals surface area contributed by atoms with Crippen molar-refractivity contribution in [2.75, 3.05) is 0 Å². The fraction of sp³-hybridized carbons (Fsp3) is 0.500. The molecule has 0 aliphatic carbocycles. The van der Waals surface area contributed by atoms with Gasteiger partial charge in [0.1, 0.15) is 0 Å². The van der Waals surface area contributed by atoms with Gasteiger partial charge in [-0.3, -0.25) is 9.59 Å². The highest BCUT2D eigenvalue weighted by Gasteiger charge is 2.40. The Bertz CT molecular complexity index is 246. The van der Waals surface area contributed by atoms with E-state index < -0.39 is 36.4 Å². The monoisotopic (exact) mass is 223 g/mol. The molecule has 0 radical (unpaired) electrons. The molecule has 0 aliphatic rings. The molecule has 0 rings (SSSR count). The predicted octanol–water partition coefficient (Wildman–Crippen LogP) is -0.917. The first-order chi connectivity index (χ1) is 6.78. The Balaban J connectivity index is 0. The number of rotatable bonds is 5. The molecular formula is C6H9NO8. The third kappa shape index (κ3) is 6.10. The van der Waals surface area contributed by atoms with Crippen molar-refractivity contribution in [3.63, 3.8) is 0 Å². The number of carboxylic acid groups (broad SMARTS) is 3. The largest absolute Gasteiger partial charge is 0.481 e. The zero-order valence-corrected chi connectivity index (χ0v) is 7.34. The molecule has 0 aromatic heterocycles. The lowest BCUT2D eigenvalue weighted by Crippen LogP contribution is -2.42. The molecule has 0 aromatic carbocycles. The van der Waals surface area contributed by atoms with E-state index >= 15 is 0 Å². The summed E-state index contributed by atoms with van der Waals surface area (Å²) in [5.74, 6) is -5.02. The predicted molar refractivity (Wildman–Crippen MR) is 43.2 cm³/mol. The van der Waals surface area contributed by atoms with Crippen molar-refractivity contribution >= 4 is 17.9 Å². The van der Waals surface area contributed by atoms with E-state index in [1.54, 1.807) is 0 Å². The van der Waals surface area contributed by atoms with E-state index in [4.69, 9.17) is 25.3 Å². The van der Waals surface area contributed by atoms with Crippen LogP contribution in [0.4, 0.5) is 0 Å². The Morgan fingerprint density at radius 3 is 1.33 bits per heavy atom. The molecule has 0 unspecified atom stereocenters. The van der Waals surface area contributed by atoms with Crippen molar-refractivity contribution < 1.29 is 34.8 Å². The van der Waals surface area contributed by atoms with Crippen LogP contribution < -0.4 is 0 Å². The molecule has 0 saturated heterocycles. The Kier molecular flexibility index (Phi) is 6.62. The number of nitrogens with one attached hydrogen (secondary N) is 1. The van der Waals surface area contributed by atoms with Crippen LogP contribution in [0, 0.1) is 10.5 Å². The van der Waals surface area contributed by atoms with Crippen molar-refractivity contribution in [1.29, 1.82) is 5.59 Å². The third-order valence-electron chi connectivity index (χ3n) is 1.29. The summed E-state index contributed by atoms with van der Waals surface area (Å²) in [5.41, 5.74) is 1.76. The fourth-order valence-corrected chi connectivity index (χ4v) is 0.714. The summed E-state index contributed by atoms with van der Waals surface area (Å²) in [4.78, 5) is 38.0. The normalized spacial score (nSPS) is 9.67. The van der Waals surface area contributed by atoms with Crippen LogP contribution in [0.2, 0.25) is 0 Å². The lowest BCUT2D eigenvalue weighted by Gasteiger charge is -2.18. The topological polar surface area (TPSA) is 173 Å². The van der Waals surface area contributed by atoms with Gasteiger partial charge in [-0.15, -0.1) is 0 Å². The van der Waals surface area contributed by atoms with Gasteiger partial charge in [0, 0.05) is 0 Å². The molecule has 0 aromatic rings. The van der Waals surface area contributed by atoms with Gasteiger partial charge in [0.05, 0.1) is 12.8 Å². The van der Waals surface area contributed by atoms with Crippen molar-refractivity contribution in [1.82, 2.24) is 0 Å². The van der Waals surface area contributed by atoms with Gasteiger partial charge in [0.25, 0.3) is 0 Å². The van der Waals surface area contributed by atoms with Crippen LogP contribution in [0.5, 0.6) is 0 Å². The molecular weight excluding hydrogens is 214 g/mol. The van der Waals surface area contributed by atoms with Gasteiger partial charge in [-0.05, 0) is 0 Å². The Labute approximate surface area is 82.7 Å². The third-order valence-corrected chi connectivity index (χ3v) is 1.29. The maximum atomic E-state index is 10.3. The smallest absolute Gasteiger partial charge is 0.336 e. The van der Waals surface area contributed by atoms with Crippen LogP contribution in [0.15, 0.2) is 0 Å². The summed E-state index contributed by atoms with van der Waals surface area (Å²) in [5, 5.41) is 33.8. The van der Waals surface area contributed by atoms with Crippen LogP contribution in [0.3, 0.4) is 0 Å². The zero-order chi connectivity index (χ0) is 12.6. The van der Waals surface area contributed by atoms with Gasteiger partial charge >= 0.3 is 17.9 Å². The van der Waals surface area contributed by atoms with Gasteiger partial charge in [-0.25, -0.2) is 4.79 Å². The molecule has 0 atom stereocenters.